The Kier molecular flexibility index (Phi) is 4.31. The lowest BCUT2D eigenvalue weighted by Gasteiger charge is -2.50. The van der Waals surface area contributed by atoms with Gasteiger partial charge in [0.25, 0.3) is 0 Å². The van der Waals surface area contributed by atoms with E-state index < -0.39 is 0 Å². The zero-order valence-electron chi connectivity index (χ0n) is 15.5. The zero-order chi connectivity index (χ0) is 17.6. The summed E-state index contributed by atoms with van der Waals surface area (Å²) in [6.45, 7) is 11.0. The Balaban J connectivity index is 2.05. The lowest BCUT2D eigenvalue weighted by molar-refractivity contribution is -0.133. The maximum atomic E-state index is 12.7. The van der Waals surface area contributed by atoms with Gasteiger partial charge in [0, 0.05) is 28.1 Å². The minimum Gasteiger partial charge on any atom is -0.493 e. The summed E-state index contributed by atoms with van der Waals surface area (Å²) in [7, 11) is 0. The summed E-state index contributed by atoms with van der Waals surface area (Å²) in [6, 6.07) is 0. The Labute approximate surface area is 144 Å². The lowest BCUT2D eigenvalue weighted by atomic mass is 9.57. The second-order valence-electron chi connectivity index (χ2n) is 8.12. The molecule has 0 aromatic rings. The van der Waals surface area contributed by atoms with Gasteiger partial charge in [-0.1, -0.05) is 25.5 Å². The number of hydrogen-bond acceptors (Lipinski definition) is 3. The first-order valence-electron chi connectivity index (χ1n) is 9.08. The number of rotatable bonds is 3. The Morgan fingerprint density at radius 1 is 1.29 bits per heavy atom. The number of hydrogen-bond donors (Lipinski definition) is 0. The minimum atomic E-state index is -0.372. The molecule has 0 aromatic heterocycles. The molecule has 1 heterocycles. The first-order chi connectivity index (χ1) is 11.3. The van der Waals surface area contributed by atoms with Gasteiger partial charge in [-0.15, -0.1) is 0 Å². The maximum absolute atomic E-state index is 12.7. The lowest BCUT2D eigenvalue weighted by Crippen LogP contribution is -2.46. The number of ether oxygens (including phenoxy) is 1. The van der Waals surface area contributed by atoms with E-state index in [2.05, 4.69) is 33.8 Å². The van der Waals surface area contributed by atoms with Crippen molar-refractivity contribution in [3.05, 3.63) is 34.1 Å². The summed E-state index contributed by atoms with van der Waals surface area (Å²) in [6.07, 6.45) is 6.40. The molecular weight excluding hydrogens is 300 g/mol. The summed E-state index contributed by atoms with van der Waals surface area (Å²) < 4.78 is 6.06. The standard InChI is InChI=1S/C21H28O3/c1-12(2)7-6-8-15-11-24-20-14(4)18(22)19(23)16-13(3)9-10-21(15,5)17(16)20/h7,13,15H,6,8-11H2,1-5H3/t13-,15-,21?/m1/s1. The van der Waals surface area contributed by atoms with E-state index in [1.807, 2.05) is 0 Å². The molecule has 3 heteroatoms. The summed E-state index contributed by atoms with van der Waals surface area (Å²) in [5.41, 5.74) is 3.58. The third-order valence-electron chi connectivity index (χ3n) is 6.19. The van der Waals surface area contributed by atoms with Crippen LogP contribution in [-0.2, 0) is 14.3 Å². The van der Waals surface area contributed by atoms with Gasteiger partial charge in [0.2, 0.25) is 11.6 Å². The molecule has 3 nitrogen and oxygen atoms in total. The van der Waals surface area contributed by atoms with E-state index in [1.54, 1.807) is 6.92 Å². The third-order valence-corrected chi connectivity index (χ3v) is 6.19. The van der Waals surface area contributed by atoms with Crippen LogP contribution in [0.5, 0.6) is 0 Å². The zero-order valence-corrected chi connectivity index (χ0v) is 15.5. The molecule has 24 heavy (non-hydrogen) atoms. The second kappa shape index (κ2) is 6.02. The van der Waals surface area contributed by atoms with Gasteiger partial charge in [-0.3, -0.25) is 9.59 Å². The average Bonchev–Trinajstić information content (AvgIpc) is 2.53. The monoisotopic (exact) mass is 328 g/mol. The van der Waals surface area contributed by atoms with Crippen LogP contribution >= 0.6 is 0 Å². The quantitative estimate of drug-likeness (QED) is 0.434. The largest absolute Gasteiger partial charge is 0.493 e. The number of Topliss-reactive ketones (excluding diaryl/α,β-unsaturated/α-hetero) is 2. The van der Waals surface area contributed by atoms with E-state index >= 15 is 0 Å². The molecular formula is C21H28O3. The first-order valence-corrected chi connectivity index (χ1v) is 9.08. The van der Waals surface area contributed by atoms with Crippen molar-refractivity contribution in [2.45, 2.75) is 60.3 Å². The summed E-state index contributed by atoms with van der Waals surface area (Å²) in [5.74, 6) is 0.582. The molecule has 0 spiro atoms. The number of carbonyl (C=O) groups excluding carboxylic acids is 2. The van der Waals surface area contributed by atoms with Crippen molar-refractivity contribution < 1.29 is 14.3 Å². The van der Waals surface area contributed by atoms with Crippen molar-refractivity contribution in [1.82, 2.24) is 0 Å². The van der Waals surface area contributed by atoms with Gasteiger partial charge in [-0.05, 0) is 52.4 Å². The predicted octanol–water partition coefficient (Wildman–Crippen LogP) is 4.54. The number of allylic oxidation sites excluding steroid dienone is 5. The highest BCUT2D eigenvalue weighted by molar-refractivity contribution is 6.50. The molecule has 1 unspecified atom stereocenters. The molecule has 0 amide bonds. The van der Waals surface area contributed by atoms with Crippen LogP contribution in [0.15, 0.2) is 34.1 Å². The Morgan fingerprint density at radius 3 is 2.67 bits per heavy atom. The van der Waals surface area contributed by atoms with Gasteiger partial charge >= 0.3 is 0 Å². The Bertz CT molecular complexity index is 688. The van der Waals surface area contributed by atoms with Gasteiger partial charge in [0.1, 0.15) is 5.76 Å². The Hall–Kier alpha value is -1.64. The summed E-state index contributed by atoms with van der Waals surface area (Å²) >= 11 is 0. The van der Waals surface area contributed by atoms with Gasteiger partial charge in [-0.2, -0.15) is 0 Å². The van der Waals surface area contributed by atoms with Crippen LogP contribution < -0.4 is 0 Å². The highest BCUT2D eigenvalue weighted by atomic mass is 16.5. The van der Waals surface area contributed by atoms with E-state index in [0.717, 1.165) is 36.8 Å². The number of carbonyl (C=O) groups is 2. The topological polar surface area (TPSA) is 43.4 Å². The van der Waals surface area contributed by atoms with Crippen LogP contribution in [0.3, 0.4) is 0 Å². The van der Waals surface area contributed by atoms with Crippen molar-refractivity contribution in [3.8, 4) is 0 Å². The van der Waals surface area contributed by atoms with Gasteiger partial charge < -0.3 is 4.74 Å². The second-order valence-corrected chi connectivity index (χ2v) is 8.12. The van der Waals surface area contributed by atoms with Crippen molar-refractivity contribution in [1.29, 1.82) is 0 Å². The van der Waals surface area contributed by atoms with Crippen molar-refractivity contribution in [3.63, 3.8) is 0 Å². The highest BCUT2D eigenvalue weighted by Crippen LogP contribution is 2.56. The van der Waals surface area contributed by atoms with Crippen LogP contribution in [-0.4, -0.2) is 18.2 Å². The molecule has 2 aliphatic carbocycles. The van der Waals surface area contributed by atoms with Crippen molar-refractivity contribution in [2.24, 2.45) is 17.3 Å². The van der Waals surface area contributed by atoms with E-state index in [9.17, 15) is 9.59 Å². The van der Waals surface area contributed by atoms with Gasteiger partial charge in [0.05, 0.1) is 6.61 Å². The molecule has 3 atom stereocenters. The van der Waals surface area contributed by atoms with Crippen LogP contribution in [0.2, 0.25) is 0 Å². The van der Waals surface area contributed by atoms with Gasteiger partial charge in [0.15, 0.2) is 0 Å². The number of ketones is 2. The molecule has 3 rings (SSSR count). The highest BCUT2D eigenvalue weighted by Gasteiger charge is 2.52. The first kappa shape index (κ1) is 17.2. The normalized spacial score (nSPS) is 32.5. The van der Waals surface area contributed by atoms with Crippen LogP contribution in [0, 0.1) is 17.3 Å². The van der Waals surface area contributed by atoms with E-state index in [-0.39, 0.29) is 22.9 Å². The molecule has 1 fully saturated rings. The van der Waals surface area contributed by atoms with Crippen molar-refractivity contribution in [2.75, 3.05) is 6.61 Å². The fourth-order valence-electron chi connectivity index (χ4n) is 4.57. The molecule has 3 aliphatic rings. The molecule has 0 N–H and O–H groups in total. The van der Waals surface area contributed by atoms with Gasteiger partial charge in [-0.25, -0.2) is 0 Å². The molecule has 130 valence electrons. The molecule has 1 saturated heterocycles. The third kappa shape index (κ3) is 2.49. The van der Waals surface area contributed by atoms with E-state index in [1.165, 1.54) is 5.57 Å². The van der Waals surface area contributed by atoms with E-state index in [0.29, 0.717) is 23.9 Å². The molecule has 0 bridgehead atoms. The van der Waals surface area contributed by atoms with Crippen LogP contribution in [0.1, 0.15) is 60.3 Å². The molecule has 0 radical (unpaired) electrons. The smallest absolute Gasteiger partial charge is 0.232 e. The molecule has 0 saturated carbocycles. The van der Waals surface area contributed by atoms with Crippen LogP contribution in [0.4, 0.5) is 0 Å². The average molecular weight is 328 g/mol. The summed E-state index contributed by atoms with van der Waals surface area (Å²) in [4.78, 5) is 25.0. The summed E-state index contributed by atoms with van der Waals surface area (Å²) in [5, 5.41) is 0. The molecule has 0 aromatic carbocycles. The SMILES string of the molecule is CC(C)=CCC[C@@H]1COC2=C(C)C(=O)C(=O)C3=C2C1(C)CC[C@H]3C. The van der Waals surface area contributed by atoms with Crippen molar-refractivity contribution >= 4 is 11.6 Å². The molecule has 1 aliphatic heterocycles. The van der Waals surface area contributed by atoms with E-state index in [4.69, 9.17) is 4.74 Å². The maximum Gasteiger partial charge on any atom is 0.232 e. The predicted molar refractivity (Wildman–Crippen MR) is 94.4 cm³/mol. The fraction of sp³-hybridized carbons (Fsp3) is 0.619. The van der Waals surface area contributed by atoms with Crippen LogP contribution in [0.25, 0.3) is 0 Å². The fourth-order valence-corrected chi connectivity index (χ4v) is 4.57. The Morgan fingerprint density at radius 2 is 2.00 bits per heavy atom. The minimum absolute atomic E-state index is 0.0530.